The van der Waals surface area contributed by atoms with Gasteiger partial charge in [-0.05, 0) is 103 Å². The fourth-order valence-corrected chi connectivity index (χ4v) is 11.4. The second-order valence-electron chi connectivity index (χ2n) is 18.9. The largest absolute Gasteiger partial charge is 0.490 e. The van der Waals surface area contributed by atoms with Crippen LogP contribution in [-0.2, 0) is 41.7 Å². The topological polar surface area (TPSA) is 204 Å². The molecule has 0 bridgehead atoms. The van der Waals surface area contributed by atoms with Crippen LogP contribution in [0.25, 0.3) is 10.9 Å². The van der Waals surface area contributed by atoms with Crippen molar-refractivity contribution in [2.75, 3.05) is 19.8 Å². The third-order valence-electron chi connectivity index (χ3n) is 12.6. The molecular formula is C45H54F3N6O10PS. The van der Waals surface area contributed by atoms with Crippen molar-refractivity contribution in [1.82, 2.24) is 30.2 Å². The van der Waals surface area contributed by atoms with E-state index in [0.717, 1.165) is 0 Å². The fourth-order valence-electron chi connectivity index (χ4n) is 8.72. The van der Waals surface area contributed by atoms with Gasteiger partial charge in [-0.15, -0.1) is 0 Å². The van der Waals surface area contributed by atoms with Gasteiger partial charge in [-0.1, -0.05) is 33.6 Å². The summed E-state index contributed by atoms with van der Waals surface area (Å²) in [4.78, 5) is 66.0. The lowest BCUT2D eigenvalue weighted by Crippen LogP contribution is -2.58. The number of hydrogen-bond acceptors (Lipinski definition) is 12. The van der Waals surface area contributed by atoms with Crippen LogP contribution in [0.4, 0.5) is 18.0 Å². The van der Waals surface area contributed by atoms with Gasteiger partial charge in [-0.3, -0.25) is 24.1 Å². The van der Waals surface area contributed by atoms with Crippen LogP contribution >= 0.6 is 8.58 Å². The highest BCUT2D eigenvalue weighted by Gasteiger charge is 2.64. The Morgan fingerprint density at radius 1 is 1.02 bits per heavy atom. The van der Waals surface area contributed by atoms with Crippen LogP contribution in [0.5, 0.6) is 17.2 Å². The number of halogens is 3. The van der Waals surface area contributed by atoms with Crippen molar-refractivity contribution in [3.05, 3.63) is 66.1 Å². The maximum absolute atomic E-state index is 15.0. The van der Waals surface area contributed by atoms with Gasteiger partial charge in [-0.2, -0.15) is 13.2 Å². The summed E-state index contributed by atoms with van der Waals surface area (Å²) in [5.74, 6) is -2.02. The molecular weight excluding hydrogens is 905 g/mol. The van der Waals surface area contributed by atoms with E-state index in [9.17, 15) is 40.8 Å². The molecule has 2 saturated heterocycles. The van der Waals surface area contributed by atoms with Crippen molar-refractivity contribution in [1.29, 1.82) is 0 Å². The zero-order valence-corrected chi connectivity index (χ0v) is 38.9. The van der Waals surface area contributed by atoms with E-state index in [4.69, 9.17) is 18.9 Å². The van der Waals surface area contributed by atoms with E-state index in [2.05, 4.69) is 25.3 Å². The van der Waals surface area contributed by atoms with Gasteiger partial charge in [0, 0.05) is 35.4 Å². The van der Waals surface area contributed by atoms with Crippen LogP contribution in [0.15, 0.2) is 54.9 Å². The average molecular weight is 959 g/mol. The van der Waals surface area contributed by atoms with Crippen molar-refractivity contribution in [2.45, 2.75) is 137 Å². The third-order valence-corrected chi connectivity index (χ3v) is 16.5. The number of nitrogens with zero attached hydrogens (tertiary/aromatic N) is 3. The number of carbonyl (C=O) groups is 4. The van der Waals surface area contributed by atoms with Gasteiger partial charge >= 0.3 is 12.3 Å². The van der Waals surface area contributed by atoms with E-state index in [1.165, 1.54) is 24.0 Å². The molecule has 1 saturated carbocycles. The molecule has 6 atom stereocenters. The predicted octanol–water partition coefficient (Wildman–Crippen LogP) is 6.06. The SMILES string of the molecule is CC(C)(C)OC(=O)N[C@H]1CCCCC/C=C\[C@@H]2P[C@@]2(C(=O)NS(=O)(=O)C2(C)CC2)NC(=O)[C@@H]2C[C@]3(CCc4c(c(C(F)(F)F)nc5ccc(OCCOc6ccncc6)cc45)O3)CN2C1=O. The molecule has 1 aromatic carbocycles. The highest BCUT2D eigenvalue weighted by Crippen LogP contribution is 2.60. The van der Waals surface area contributed by atoms with Gasteiger partial charge in [0.2, 0.25) is 21.8 Å². The molecule has 6 heterocycles. The molecule has 1 spiro atoms. The third kappa shape index (κ3) is 10.0. The monoisotopic (exact) mass is 958 g/mol. The Morgan fingerprint density at radius 3 is 2.44 bits per heavy atom. The zero-order chi connectivity index (χ0) is 47.3. The molecule has 3 fully saturated rings. The van der Waals surface area contributed by atoms with Gasteiger partial charge in [0.25, 0.3) is 5.91 Å². The van der Waals surface area contributed by atoms with E-state index in [-0.39, 0.29) is 65.1 Å². The van der Waals surface area contributed by atoms with Gasteiger partial charge in [0.1, 0.15) is 53.3 Å². The van der Waals surface area contributed by atoms with Crippen molar-refractivity contribution in [2.24, 2.45) is 0 Å². The second-order valence-corrected chi connectivity index (χ2v) is 22.8. The van der Waals surface area contributed by atoms with Crippen molar-refractivity contribution < 1.29 is 59.7 Å². The summed E-state index contributed by atoms with van der Waals surface area (Å²) >= 11 is 0. The minimum absolute atomic E-state index is 0.0270. The second kappa shape index (κ2) is 17.8. The first-order valence-corrected chi connectivity index (χ1v) is 24.7. The summed E-state index contributed by atoms with van der Waals surface area (Å²) in [6, 6.07) is 5.30. The highest BCUT2D eigenvalue weighted by atomic mass is 32.2. The normalized spacial score (nSPS) is 27.2. The maximum atomic E-state index is 15.0. The molecule has 0 radical (unpaired) electrons. The zero-order valence-electron chi connectivity index (χ0n) is 37.1. The Labute approximate surface area is 382 Å². The highest BCUT2D eigenvalue weighted by molar-refractivity contribution is 7.91. The Balaban J connectivity index is 1.12. The molecule has 5 aliphatic rings. The number of rotatable bonds is 9. The molecule has 21 heteroatoms. The molecule has 8 rings (SSSR count). The number of aromatic nitrogens is 2. The lowest BCUT2D eigenvalue weighted by molar-refractivity contribution is -0.144. The minimum atomic E-state index is -4.97. The summed E-state index contributed by atoms with van der Waals surface area (Å²) < 4.78 is 96.2. The lowest BCUT2D eigenvalue weighted by Gasteiger charge is -2.37. The van der Waals surface area contributed by atoms with E-state index < -0.39 is 90.4 Å². The van der Waals surface area contributed by atoms with Gasteiger partial charge in [0.15, 0.2) is 11.4 Å². The smallest absolute Gasteiger partial charge is 0.437 e. The van der Waals surface area contributed by atoms with E-state index in [0.29, 0.717) is 55.4 Å². The number of amides is 4. The standard InChI is InChI=1S/C45H54F3N6O10PS/c1-41(2,3)64-40(58)51-32-10-8-6-5-7-9-11-34-44(65-34,39(57)53-66(59,60)42(4)18-19-42)52-37(55)33-25-43(26-54(33)38(32)56)17-14-29-30-24-28(62-23-22-61-27-15-20-49-21-16-27)12-13-31(30)50-36(35(29)63-43)45(46,47)48/h9,11-13,15-16,20-21,24,32-34,65H,5-8,10,14,17-19,22-23,25-26H2,1-4H3,(H,51,58)(H,52,55)(H,53,57)/b11-9-/t32-,33-,34-,43+,44-/m0/s1. The Hall–Kier alpha value is -5.23. The van der Waals surface area contributed by atoms with Crippen LogP contribution < -0.4 is 29.6 Å². The first-order valence-electron chi connectivity index (χ1n) is 22.1. The molecule has 1 unspecified atom stereocenters. The number of alkyl halides is 3. The number of nitrogens with one attached hydrogen (secondary N) is 3. The predicted molar refractivity (Wildman–Crippen MR) is 237 cm³/mol. The lowest BCUT2D eigenvalue weighted by atomic mass is 9.87. The molecule has 4 aliphatic heterocycles. The number of pyridine rings is 2. The summed E-state index contributed by atoms with van der Waals surface area (Å²) in [6.45, 7) is 6.46. The van der Waals surface area contributed by atoms with Gasteiger partial charge in [0.05, 0.1) is 16.8 Å². The summed E-state index contributed by atoms with van der Waals surface area (Å²) in [5.41, 5.74) is -4.03. The molecule has 2 aromatic heterocycles. The van der Waals surface area contributed by atoms with Gasteiger partial charge < -0.3 is 34.5 Å². The summed E-state index contributed by atoms with van der Waals surface area (Å²) in [6.07, 6.45) is 4.12. The number of carbonyl (C=O) groups excluding carboxylic acids is 4. The Kier molecular flexibility index (Phi) is 12.7. The van der Waals surface area contributed by atoms with Crippen LogP contribution in [0.2, 0.25) is 0 Å². The van der Waals surface area contributed by atoms with E-state index in [1.807, 2.05) is 6.08 Å². The number of ether oxygens (including phenoxy) is 4. The number of sulfonamides is 1. The number of benzene rings is 1. The first-order chi connectivity index (χ1) is 31.1. The van der Waals surface area contributed by atoms with Crippen molar-refractivity contribution >= 4 is 53.3 Å². The molecule has 1 aliphatic carbocycles. The minimum Gasteiger partial charge on any atom is -0.490 e. The maximum Gasteiger partial charge on any atom is 0.437 e. The summed E-state index contributed by atoms with van der Waals surface area (Å²) in [5, 5.41) is 4.18. The van der Waals surface area contributed by atoms with E-state index in [1.54, 1.807) is 57.4 Å². The van der Waals surface area contributed by atoms with Gasteiger partial charge in [-0.25, -0.2) is 18.2 Å². The quantitative estimate of drug-likeness (QED) is 0.127. The number of aryl methyl sites for hydroxylation is 1. The van der Waals surface area contributed by atoms with Crippen molar-refractivity contribution in [3.63, 3.8) is 0 Å². The van der Waals surface area contributed by atoms with Crippen LogP contribution in [-0.4, -0.2) is 106 Å². The summed E-state index contributed by atoms with van der Waals surface area (Å²) in [7, 11) is -4.36. The molecule has 4 amide bonds. The Morgan fingerprint density at radius 2 is 1.74 bits per heavy atom. The van der Waals surface area contributed by atoms with Crippen LogP contribution in [0, 0.1) is 0 Å². The first kappa shape index (κ1) is 47.3. The molecule has 3 N–H and O–H groups in total. The number of fused-ring (bicyclic) bond motifs is 5. The van der Waals surface area contributed by atoms with E-state index >= 15 is 0 Å². The average Bonchev–Trinajstić information content (AvgIpc) is 4.14. The van der Waals surface area contributed by atoms with Crippen LogP contribution in [0.1, 0.15) is 96.7 Å². The molecule has 356 valence electrons. The number of allylic oxidation sites excluding steroid dienone is 1. The number of alkyl carbamates (subject to hydrolysis) is 1. The molecule has 3 aromatic rings. The Bertz CT molecular complexity index is 2540. The molecule has 16 nitrogen and oxygen atoms in total. The fraction of sp³-hybridized carbons (Fsp3) is 0.556. The molecule has 66 heavy (non-hydrogen) atoms. The van der Waals surface area contributed by atoms with Crippen molar-refractivity contribution in [3.8, 4) is 17.2 Å². The van der Waals surface area contributed by atoms with Crippen LogP contribution in [0.3, 0.4) is 0 Å². The number of hydrogen-bond donors (Lipinski definition) is 3.